The van der Waals surface area contributed by atoms with Gasteiger partial charge in [0.1, 0.15) is 6.61 Å². The van der Waals surface area contributed by atoms with Gasteiger partial charge in [-0.25, -0.2) is 0 Å². The molecule has 0 aliphatic heterocycles. The maximum Gasteiger partial charge on any atom is 0.161 e. The van der Waals surface area contributed by atoms with Crippen molar-refractivity contribution in [3.63, 3.8) is 0 Å². The zero-order valence-electron chi connectivity index (χ0n) is 12.1. The Morgan fingerprint density at radius 2 is 1.68 bits per heavy atom. The Morgan fingerprint density at radius 1 is 1.00 bits per heavy atom. The van der Waals surface area contributed by atoms with Crippen molar-refractivity contribution >= 4 is 0 Å². The lowest BCUT2D eigenvalue weighted by molar-refractivity contribution is 0.0994. The van der Waals surface area contributed by atoms with Gasteiger partial charge in [0.25, 0.3) is 0 Å². The number of rotatable bonds is 10. The van der Waals surface area contributed by atoms with Crippen LogP contribution in [0.2, 0.25) is 0 Å². The second-order valence-corrected chi connectivity index (χ2v) is 4.45. The van der Waals surface area contributed by atoms with Crippen LogP contribution in [0.1, 0.15) is 20.8 Å². The van der Waals surface area contributed by atoms with E-state index in [4.69, 9.17) is 14.2 Å². The van der Waals surface area contributed by atoms with Gasteiger partial charge in [0.05, 0.1) is 19.8 Å². The molecule has 0 saturated carbocycles. The van der Waals surface area contributed by atoms with Crippen molar-refractivity contribution in [3.05, 3.63) is 24.3 Å². The van der Waals surface area contributed by atoms with E-state index >= 15 is 0 Å². The van der Waals surface area contributed by atoms with Gasteiger partial charge in [0.15, 0.2) is 11.5 Å². The number of hydrogen-bond donors (Lipinski definition) is 1. The zero-order valence-corrected chi connectivity index (χ0v) is 12.1. The molecule has 0 bridgehead atoms. The van der Waals surface area contributed by atoms with Crippen LogP contribution < -0.4 is 14.8 Å². The minimum Gasteiger partial charge on any atom is -0.490 e. The number of hydrogen-bond acceptors (Lipinski definition) is 4. The first-order valence-corrected chi connectivity index (χ1v) is 6.89. The summed E-state index contributed by atoms with van der Waals surface area (Å²) < 4.78 is 16.6. The predicted molar refractivity (Wildman–Crippen MR) is 77.1 cm³/mol. The first-order valence-electron chi connectivity index (χ1n) is 6.89. The Kier molecular flexibility index (Phi) is 8.02. The lowest BCUT2D eigenvalue weighted by atomic mass is 10.3. The van der Waals surface area contributed by atoms with Crippen molar-refractivity contribution in [3.8, 4) is 11.5 Å². The molecular weight excluding hydrogens is 242 g/mol. The highest BCUT2D eigenvalue weighted by atomic mass is 16.5. The molecule has 1 rings (SSSR count). The lowest BCUT2D eigenvalue weighted by Gasteiger charge is -2.12. The Balaban J connectivity index is 2.15. The first-order chi connectivity index (χ1) is 9.24. The number of ether oxygens (including phenoxy) is 3. The summed E-state index contributed by atoms with van der Waals surface area (Å²) in [5, 5.41) is 3.29. The van der Waals surface area contributed by atoms with Gasteiger partial charge in [-0.15, -0.1) is 0 Å². The minimum absolute atomic E-state index is 0.498. The van der Waals surface area contributed by atoms with Crippen LogP contribution in [0, 0.1) is 0 Å². The fourth-order valence-corrected chi connectivity index (χ4v) is 1.58. The van der Waals surface area contributed by atoms with Crippen molar-refractivity contribution in [2.45, 2.75) is 26.8 Å². The molecule has 0 saturated heterocycles. The topological polar surface area (TPSA) is 39.7 Å². The molecule has 1 aromatic carbocycles. The summed E-state index contributed by atoms with van der Waals surface area (Å²) in [4.78, 5) is 0. The lowest BCUT2D eigenvalue weighted by Crippen LogP contribution is -2.27. The highest BCUT2D eigenvalue weighted by Crippen LogP contribution is 2.26. The number of nitrogens with one attached hydrogen (secondary N) is 1. The van der Waals surface area contributed by atoms with Gasteiger partial charge in [0.2, 0.25) is 0 Å². The van der Waals surface area contributed by atoms with Gasteiger partial charge in [-0.05, 0) is 19.1 Å². The standard InChI is InChI=1S/C15H25NO3/c1-4-18-14-7-5-6-8-15(14)19-12-11-17-10-9-16-13(2)3/h5-8,13,16H,4,9-12H2,1-3H3. The highest BCUT2D eigenvalue weighted by Gasteiger charge is 2.02. The van der Waals surface area contributed by atoms with Crippen molar-refractivity contribution in [1.29, 1.82) is 0 Å². The fourth-order valence-electron chi connectivity index (χ4n) is 1.58. The maximum atomic E-state index is 5.65. The molecular formula is C15H25NO3. The Hall–Kier alpha value is -1.26. The third-order valence-electron chi connectivity index (χ3n) is 2.43. The van der Waals surface area contributed by atoms with Crippen LogP contribution in [0.4, 0.5) is 0 Å². The van der Waals surface area contributed by atoms with Gasteiger partial charge in [-0.1, -0.05) is 26.0 Å². The van der Waals surface area contributed by atoms with Crippen LogP contribution in [0.15, 0.2) is 24.3 Å². The third-order valence-corrected chi connectivity index (χ3v) is 2.43. The maximum absolute atomic E-state index is 5.65. The van der Waals surface area contributed by atoms with E-state index in [1.54, 1.807) is 0 Å². The summed E-state index contributed by atoms with van der Waals surface area (Å²) >= 11 is 0. The van der Waals surface area contributed by atoms with Crippen molar-refractivity contribution < 1.29 is 14.2 Å². The molecule has 0 radical (unpaired) electrons. The quantitative estimate of drug-likeness (QED) is 0.661. The van der Waals surface area contributed by atoms with Gasteiger partial charge in [-0.3, -0.25) is 0 Å². The van der Waals surface area contributed by atoms with Crippen molar-refractivity contribution in [2.24, 2.45) is 0 Å². The molecule has 0 spiro atoms. The summed E-state index contributed by atoms with van der Waals surface area (Å²) in [7, 11) is 0. The van der Waals surface area contributed by atoms with Gasteiger partial charge >= 0.3 is 0 Å². The molecule has 4 heteroatoms. The normalized spacial score (nSPS) is 10.7. The Morgan fingerprint density at radius 3 is 2.32 bits per heavy atom. The monoisotopic (exact) mass is 267 g/mol. The zero-order chi connectivity index (χ0) is 13.9. The SMILES string of the molecule is CCOc1ccccc1OCCOCCNC(C)C. The second kappa shape index (κ2) is 9.64. The average Bonchev–Trinajstić information content (AvgIpc) is 2.39. The van der Waals surface area contributed by atoms with Crippen molar-refractivity contribution in [2.75, 3.05) is 33.0 Å². The Labute approximate surface area is 116 Å². The molecule has 0 amide bonds. The minimum atomic E-state index is 0.498. The van der Waals surface area contributed by atoms with E-state index in [0.29, 0.717) is 32.5 Å². The van der Waals surface area contributed by atoms with E-state index in [-0.39, 0.29) is 0 Å². The molecule has 1 N–H and O–H groups in total. The molecule has 4 nitrogen and oxygen atoms in total. The van der Waals surface area contributed by atoms with E-state index in [1.807, 2.05) is 31.2 Å². The van der Waals surface area contributed by atoms with E-state index in [9.17, 15) is 0 Å². The average molecular weight is 267 g/mol. The van der Waals surface area contributed by atoms with Gasteiger partial charge in [-0.2, -0.15) is 0 Å². The Bertz CT molecular complexity index is 342. The van der Waals surface area contributed by atoms with Crippen LogP contribution in [0.5, 0.6) is 11.5 Å². The van der Waals surface area contributed by atoms with E-state index in [1.165, 1.54) is 0 Å². The summed E-state index contributed by atoms with van der Waals surface area (Å²) in [6.45, 7) is 9.52. The van der Waals surface area contributed by atoms with Crippen LogP contribution in [0.3, 0.4) is 0 Å². The highest BCUT2D eigenvalue weighted by molar-refractivity contribution is 5.39. The smallest absolute Gasteiger partial charge is 0.161 e. The molecule has 0 aliphatic carbocycles. The molecule has 108 valence electrons. The van der Waals surface area contributed by atoms with E-state index < -0.39 is 0 Å². The molecule has 0 aliphatic rings. The molecule has 19 heavy (non-hydrogen) atoms. The summed E-state index contributed by atoms with van der Waals surface area (Å²) in [6.07, 6.45) is 0. The summed E-state index contributed by atoms with van der Waals surface area (Å²) in [5.41, 5.74) is 0. The van der Waals surface area contributed by atoms with Gasteiger partial charge in [0, 0.05) is 12.6 Å². The molecule has 0 unspecified atom stereocenters. The van der Waals surface area contributed by atoms with Crippen LogP contribution >= 0.6 is 0 Å². The van der Waals surface area contributed by atoms with Gasteiger partial charge < -0.3 is 19.5 Å². The van der Waals surface area contributed by atoms with Crippen LogP contribution in [-0.2, 0) is 4.74 Å². The van der Waals surface area contributed by atoms with E-state index in [0.717, 1.165) is 18.0 Å². The largest absolute Gasteiger partial charge is 0.490 e. The molecule has 0 fully saturated rings. The first kappa shape index (κ1) is 15.8. The molecule has 1 aromatic rings. The van der Waals surface area contributed by atoms with Crippen molar-refractivity contribution in [1.82, 2.24) is 5.32 Å². The molecule has 0 heterocycles. The second-order valence-electron chi connectivity index (χ2n) is 4.45. The number of para-hydroxylation sites is 2. The molecule has 0 aromatic heterocycles. The third kappa shape index (κ3) is 7.03. The summed E-state index contributed by atoms with van der Waals surface area (Å²) in [6, 6.07) is 8.19. The molecule has 0 atom stereocenters. The van der Waals surface area contributed by atoms with E-state index in [2.05, 4.69) is 19.2 Å². The summed E-state index contributed by atoms with van der Waals surface area (Å²) in [5.74, 6) is 1.56. The van der Waals surface area contributed by atoms with Crippen LogP contribution in [-0.4, -0.2) is 39.0 Å². The number of benzene rings is 1. The fraction of sp³-hybridized carbons (Fsp3) is 0.600. The van der Waals surface area contributed by atoms with Crippen LogP contribution in [0.25, 0.3) is 0 Å². The predicted octanol–water partition coefficient (Wildman–Crippen LogP) is 2.48.